The second-order valence-electron chi connectivity index (χ2n) is 3.75. The first-order chi connectivity index (χ1) is 8.06. The van der Waals surface area contributed by atoms with Crippen LogP contribution in [0.25, 0.3) is 0 Å². The number of hydrogen-bond donors (Lipinski definition) is 1. The summed E-state index contributed by atoms with van der Waals surface area (Å²) in [5.74, 6) is -1.86. The Morgan fingerprint density at radius 2 is 2.12 bits per heavy atom. The molecule has 1 aromatic heterocycles. The maximum Gasteiger partial charge on any atom is 0.159 e. The minimum absolute atomic E-state index is 0.301. The summed E-state index contributed by atoms with van der Waals surface area (Å²) >= 11 is 1.49. The van der Waals surface area contributed by atoms with Gasteiger partial charge in [0.15, 0.2) is 11.6 Å². The summed E-state index contributed by atoms with van der Waals surface area (Å²) in [7, 11) is 0. The van der Waals surface area contributed by atoms with Crippen molar-refractivity contribution in [1.29, 1.82) is 0 Å². The van der Waals surface area contributed by atoms with Crippen molar-refractivity contribution >= 4 is 11.3 Å². The quantitative estimate of drug-likeness (QED) is 0.914. The fourth-order valence-electron chi connectivity index (χ4n) is 1.54. The van der Waals surface area contributed by atoms with Gasteiger partial charge in [-0.15, -0.1) is 11.3 Å². The fraction of sp³-hybridized carbons (Fsp3) is 0.250. The van der Waals surface area contributed by atoms with Crippen molar-refractivity contribution in [2.45, 2.75) is 19.4 Å². The van der Waals surface area contributed by atoms with Gasteiger partial charge in [0.2, 0.25) is 0 Å². The Bertz CT molecular complexity index is 527. The lowest BCUT2D eigenvalue weighted by atomic mass is 10.1. The third kappa shape index (κ3) is 2.87. The van der Waals surface area contributed by atoms with Gasteiger partial charge in [0.1, 0.15) is 0 Å². The van der Waals surface area contributed by atoms with Crippen LogP contribution < -0.4 is 0 Å². The van der Waals surface area contributed by atoms with E-state index in [2.05, 4.69) is 4.98 Å². The second-order valence-corrected chi connectivity index (χ2v) is 4.81. The summed E-state index contributed by atoms with van der Waals surface area (Å²) in [6, 6.07) is 3.40. The number of rotatable bonds is 3. The number of benzene rings is 1. The highest BCUT2D eigenvalue weighted by atomic mass is 32.1. The van der Waals surface area contributed by atoms with Crippen LogP contribution in [-0.2, 0) is 6.42 Å². The number of nitrogens with zero attached hydrogens (tertiary/aromatic N) is 1. The van der Waals surface area contributed by atoms with Gasteiger partial charge in [-0.1, -0.05) is 6.07 Å². The van der Waals surface area contributed by atoms with Crippen LogP contribution >= 0.6 is 11.3 Å². The first-order valence-corrected chi connectivity index (χ1v) is 5.98. The Hall–Kier alpha value is -1.33. The molecule has 1 heterocycles. The van der Waals surface area contributed by atoms with Crippen molar-refractivity contribution in [3.63, 3.8) is 0 Å². The fourth-order valence-corrected chi connectivity index (χ4v) is 2.16. The molecule has 0 saturated heterocycles. The molecule has 0 amide bonds. The van der Waals surface area contributed by atoms with Gasteiger partial charge in [0, 0.05) is 11.8 Å². The average Bonchev–Trinajstić information content (AvgIpc) is 2.68. The second kappa shape index (κ2) is 4.89. The molecule has 1 atom stereocenters. The molecule has 0 radical (unpaired) electrons. The maximum absolute atomic E-state index is 13.0. The number of aliphatic hydroxyl groups excluding tert-OH is 1. The molecule has 17 heavy (non-hydrogen) atoms. The van der Waals surface area contributed by atoms with Crippen LogP contribution in [0.5, 0.6) is 0 Å². The van der Waals surface area contributed by atoms with Gasteiger partial charge in [-0.2, -0.15) is 0 Å². The van der Waals surface area contributed by atoms with Gasteiger partial charge in [0.05, 0.1) is 16.8 Å². The smallest absolute Gasteiger partial charge is 0.159 e. The number of thiazole rings is 1. The molecule has 0 saturated carbocycles. The average molecular weight is 255 g/mol. The summed E-state index contributed by atoms with van der Waals surface area (Å²) < 4.78 is 25.7. The normalized spacial score (nSPS) is 12.7. The van der Waals surface area contributed by atoms with Crippen molar-refractivity contribution in [2.75, 3.05) is 0 Å². The Labute approximate surface area is 102 Å². The van der Waals surface area contributed by atoms with Crippen molar-refractivity contribution in [3.8, 4) is 0 Å². The van der Waals surface area contributed by atoms with Crippen LogP contribution in [0.1, 0.15) is 22.4 Å². The predicted molar refractivity (Wildman–Crippen MR) is 61.9 cm³/mol. The molecule has 5 heteroatoms. The Morgan fingerprint density at radius 3 is 2.71 bits per heavy atom. The van der Waals surface area contributed by atoms with Crippen molar-refractivity contribution in [3.05, 3.63) is 51.5 Å². The molecule has 0 bridgehead atoms. The third-order valence-electron chi connectivity index (χ3n) is 2.40. The van der Waals surface area contributed by atoms with Gasteiger partial charge in [-0.25, -0.2) is 13.8 Å². The van der Waals surface area contributed by atoms with E-state index in [1.165, 1.54) is 17.4 Å². The molecule has 0 aliphatic heterocycles. The van der Waals surface area contributed by atoms with Crippen LogP contribution in [0, 0.1) is 18.6 Å². The van der Waals surface area contributed by atoms with Crippen LogP contribution in [0.4, 0.5) is 8.78 Å². The zero-order chi connectivity index (χ0) is 12.4. The lowest BCUT2D eigenvalue weighted by Crippen LogP contribution is -2.03. The van der Waals surface area contributed by atoms with E-state index in [1.54, 1.807) is 0 Å². The highest BCUT2D eigenvalue weighted by Gasteiger charge is 2.13. The van der Waals surface area contributed by atoms with Crippen LogP contribution in [-0.4, -0.2) is 10.1 Å². The predicted octanol–water partition coefficient (Wildman–Crippen LogP) is 3.01. The van der Waals surface area contributed by atoms with Crippen molar-refractivity contribution in [1.82, 2.24) is 4.98 Å². The molecular formula is C12H11F2NOS. The number of aromatic nitrogens is 1. The van der Waals surface area contributed by atoms with E-state index in [0.29, 0.717) is 12.0 Å². The standard InChI is InChI=1S/C12H11F2NOS/c1-7-15-9(6-17-7)5-12(16)8-2-3-10(13)11(14)4-8/h2-4,6,12,16H,5H2,1H3. The highest BCUT2D eigenvalue weighted by Crippen LogP contribution is 2.21. The van der Waals surface area contributed by atoms with E-state index >= 15 is 0 Å². The topological polar surface area (TPSA) is 33.1 Å². The van der Waals surface area contributed by atoms with Gasteiger partial charge < -0.3 is 5.11 Å². The van der Waals surface area contributed by atoms with Gasteiger partial charge in [-0.3, -0.25) is 0 Å². The molecule has 0 aliphatic rings. The summed E-state index contributed by atoms with van der Waals surface area (Å²) in [6.07, 6.45) is -0.568. The molecule has 0 aliphatic carbocycles. The van der Waals surface area contributed by atoms with E-state index in [0.717, 1.165) is 22.8 Å². The zero-order valence-electron chi connectivity index (χ0n) is 9.15. The number of aryl methyl sites for hydroxylation is 1. The van der Waals surface area contributed by atoms with Crippen LogP contribution in [0.15, 0.2) is 23.6 Å². The molecule has 90 valence electrons. The Kier molecular flexibility index (Phi) is 3.49. The molecule has 2 nitrogen and oxygen atoms in total. The summed E-state index contributed by atoms with van der Waals surface area (Å²) in [5, 5.41) is 12.6. The molecule has 1 unspecified atom stereocenters. The van der Waals surface area contributed by atoms with Crippen LogP contribution in [0.2, 0.25) is 0 Å². The van der Waals surface area contributed by atoms with Gasteiger partial charge >= 0.3 is 0 Å². The minimum atomic E-state index is -0.948. The Morgan fingerprint density at radius 1 is 1.35 bits per heavy atom. The first kappa shape index (κ1) is 12.1. The summed E-state index contributed by atoms with van der Waals surface area (Å²) in [6.45, 7) is 1.87. The number of halogens is 2. The molecular weight excluding hydrogens is 244 g/mol. The molecule has 1 aromatic carbocycles. The van der Waals surface area contributed by atoms with Gasteiger partial charge in [0.25, 0.3) is 0 Å². The van der Waals surface area contributed by atoms with E-state index in [1.807, 2.05) is 12.3 Å². The van der Waals surface area contributed by atoms with Crippen LogP contribution in [0.3, 0.4) is 0 Å². The van der Waals surface area contributed by atoms with E-state index in [4.69, 9.17) is 0 Å². The SMILES string of the molecule is Cc1nc(CC(O)c2ccc(F)c(F)c2)cs1. The summed E-state index contributed by atoms with van der Waals surface area (Å²) in [5.41, 5.74) is 1.11. The minimum Gasteiger partial charge on any atom is -0.388 e. The molecule has 2 aromatic rings. The largest absolute Gasteiger partial charge is 0.388 e. The molecule has 0 fully saturated rings. The first-order valence-electron chi connectivity index (χ1n) is 5.10. The van der Waals surface area contributed by atoms with E-state index in [9.17, 15) is 13.9 Å². The summed E-state index contributed by atoms with van der Waals surface area (Å²) in [4.78, 5) is 4.21. The highest BCUT2D eigenvalue weighted by molar-refractivity contribution is 7.09. The molecule has 1 N–H and O–H groups in total. The van der Waals surface area contributed by atoms with Crippen molar-refractivity contribution < 1.29 is 13.9 Å². The van der Waals surface area contributed by atoms with E-state index in [-0.39, 0.29) is 0 Å². The number of hydrogen-bond acceptors (Lipinski definition) is 3. The Balaban J connectivity index is 2.14. The monoisotopic (exact) mass is 255 g/mol. The maximum atomic E-state index is 13.0. The molecule has 0 spiro atoms. The lowest BCUT2D eigenvalue weighted by Gasteiger charge is -2.09. The lowest BCUT2D eigenvalue weighted by molar-refractivity contribution is 0.176. The number of aliphatic hydroxyl groups is 1. The third-order valence-corrected chi connectivity index (χ3v) is 3.22. The zero-order valence-corrected chi connectivity index (χ0v) is 9.97. The molecule has 2 rings (SSSR count). The van der Waals surface area contributed by atoms with E-state index < -0.39 is 17.7 Å². The van der Waals surface area contributed by atoms with Crippen molar-refractivity contribution in [2.24, 2.45) is 0 Å². The van der Waals surface area contributed by atoms with Gasteiger partial charge in [-0.05, 0) is 24.6 Å².